The summed E-state index contributed by atoms with van der Waals surface area (Å²) in [6.07, 6.45) is 1.98. The molecule has 1 N–H and O–H groups in total. The summed E-state index contributed by atoms with van der Waals surface area (Å²) in [4.78, 5) is 2.21. The summed E-state index contributed by atoms with van der Waals surface area (Å²) in [5, 5.41) is 38.7. The van der Waals surface area contributed by atoms with Crippen molar-refractivity contribution in [2.24, 2.45) is 17.3 Å². The summed E-state index contributed by atoms with van der Waals surface area (Å²) in [5.74, 6) is -0.836. The molecule has 1 heterocycles. The molecule has 1 aliphatic carbocycles. The fraction of sp³-hybridized carbons (Fsp3) is 0.455. The average Bonchev–Trinajstić information content (AvgIpc) is 2.77. The van der Waals surface area contributed by atoms with Crippen LogP contribution in [0.1, 0.15) is 18.4 Å². The number of benzene rings is 1. The van der Waals surface area contributed by atoms with E-state index >= 15 is 0 Å². The summed E-state index contributed by atoms with van der Waals surface area (Å²) in [6.45, 7) is 4.14. The third kappa shape index (κ3) is 2.94. The largest absolute Gasteiger partial charge is 0.493 e. The standard InChI is InChI=1S/C22H23N5O2/c1-4-27-9-8-14-16(10-23)21(26)22(12-24,13-25)19(17(14)11-27)15-6-5-7-18(28-2)20(15)29-3/h5-8,16-17,19,26H,4,9,11H2,1-3H3/t16?,17-,19+/m0/s1. The molecular formula is C22H23N5O2. The molecule has 7 heteroatoms. The summed E-state index contributed by atoms with van der Waals surface area (Å²) in [7, 11) is 3.05. The molecule has 0 bridgehead atoms. The molecule has 1 fully saturated rings. The molecule has 3 rings (SSSR count). The molecule has 1 aliphatic heterocycles. The zero-order chi connectivity index (χ0) is 21.2. The molecule has 1 unspecified atom stereocenters. The van der Waals surface area contributed by atoms with Gasteiger partial charge in [0.25, 0.3) is 0 Å². The van der Waals surface area contributed by atoms with Crippen molar-refractivity contribution < 1.29 is 9.47 Å². The Balaban J connectivity index is 2.33. The first-order chi connectivity index (χ1) is 14.0. The number of likely N-dealkylation sites (N-methyl/N-ethyl adjacent to an activating group) is 1. The number of nitrogens with one attached hydrogen (secondary N) is 1. The van der Waals surface area contributed by atoms with Crippen molar-refractivity contribution in [3.8, 4) is 29.7 Å². The van der Waals surface area contributed by atoms with Gasteiger partial charge in [0.15, 0.2) is 16.9 Å². The number of para-hydroxylation sites is 1. The quantitative estimate of drug-likeness (QED) is 0.791. The molecule has 1 aromatic carbocycles. The first kappa shape index (κ1) is 20.4. The lowest BCUT2D eigenvalue weighted by molar-refractivity contribution is 0.209. The number of nitrogens with zero attached hydrogens (tertiary/aromatic N) is 4. The van der Waals surface area contributed by atoms with Gasteiger partial charge in [-0.2, -0.15) is 15.8 Å². The zero-order valence-corrected chi connectivity index (χ0v) is 16.8. The molecular weight excluding hydrogens is 366 g/mol. The summed E-state index contributed by atoms with van der Waals surface area (Å²) in [6, 6.07) is 11.7. The molecule has 148 valence electrons. The summed E-state index contributed by atoms with van der Waals surface area (Å²) >= 11 is 0. The Bertz CT molecular complexity index is 964. The SMILES string of the molecule is CCN1CC=C2C(C#N)C(=N)C(C#N)(C#N)[C@H](c3cccc(OC)c3OC)[C@H]2C1. The van der Waals surface area contributed by atoms with Gasteiger partial charge in [0, 0.05) is 30.5 Å². The van der Waals surface area contributed by atoms with Crippen molar-refractivity contribution in [1.29, 1.82) is 21.2 Å². The van der Waals surface area contributed by atoms with Gasteiger partial charge in [-0.25, -0.2) is 0 Å². The van der Waals surface area contributed by atoms with E-state index in [1.807, 2.05) is 12.1 Å². The molecule has 0 spiro atoms. The molecule has 0 radical (unpaired) electrons. The van der Waals surface area contributed by atoms with Gasteiger partial charge in [-0.15, -0.1) is 0 Å². The van der Waals surface area contributed by atoms with Gasteiger partial charge in [-0.05, 0) is 18.2 Å². The van der Waals surface area contributed by atoms with E-state index in [1.54, 1.807) is 12.1 Å². The minimum atomic E-state index is -1.77. The van der Waals surface area contributed by atoms with Gasteiger partial charge in [0.1, 0.15) is 5.92 Å². The number of fused-ring (bicyclic) bond motifs is 1. The lowest BCUT2D eigenvalue weighted by atomic mass is 9.54. The molecule has 1 aromatic rings. The Morgan fingerprint density at radius 2 is 1.93 bits per heavy atom. The third-order valence-electron chi connectivity index (χ3n) is 6.08. The van der Waals surface area contributed by atoms with Gasteiger partial charge < -0.3 is 14.9 Å². The second-order valence-corrected chi connectivity index (χ2v) is 7.23. The van der Waals surface area contributed by atoms with Gasteiger partial charge in [0.2, 0.25) is 0 Å². The lowest BCUT2D eigenvalue weighted by Crippen LogP contribution is -2.52. The zero-order valence-electron chi connectivity index (χ0n) is 16.8. The van der Waals surface area contributed by atoms with Crippen molar-refractivity contribution in [1.82, 2.24) is 4.90 Å². The van der Waals surface area contributed by atoms with Gasteiger partial charge in [0.05, 0.1) is 38.1 Å². The fourth-order valence-electron chi connectivity index (χ4n) is 4.63. The number of rotatable bonds is 4. The van der Waals surface area contributed by atoms with E-state index in [-0.39, 0.29) is 11.6 Å². The number of nitriles is 3. The van der Waals surface area contributed by atoms with Crippen LogP contribution in [0.5, 0.6) is 11.5 Å². The summed E-state index contributed by atoms with van der Waals surface area (Å²) in [5.41, 5.74) is -0.464. The second kappa shape index (κ2) is 7.95. The second-order valence-electron chi connectivity index (χ2n) is 7.23. The maximum Gasteiger partial charge on any atom is 0.189 e. The van der Waals surface area contributed by atoms with Crippen LogP contribution < -0.4 is 9.47 Å². The predicted octanol–water partition coefficient (Wildman–Crippen LogP) is 2.87. The van der Waals surface area contributed by atoms with E-state index in [4.69, 9.17) is 14.9 Å². The van der Waals surface area contributed by atoms with Crippen molar-refractivity contribution in [2.75, 3.05) is 33.9 Å². The highest BCUT2D eigenvalue weighted by atomic mass is 16.5. The van der Waals surface area contributed by atoms with Gasteiger partial charge in [-0.1, -0.05) is 25.1 Å². The van der Waals surface area contributed by atoms with Crippen LogP contribution in [-0.4, -0.2) is 44.5 Å². The topological polar surface area (TPSA) is 117 Å². The maximum absolute atomic E-state index is 10.1. The van der Waals surface area contributed by atoms with E-state index in [0.717, 1.165) is 12.1 Å². The van der Waals surface area contributed by atoms with E-state index in [0.29, 0.717) is 30.2 Å². The minimum Gasteiger partial charge on any atom is -0.493 e. The van der Waals surface area contributed by atoms with Crippen LogP contribution in [0.3, 0.4) is 0 Å². The van der Waals surface area contributed by atoms with Crippen molar-refractivity contribution in [3.63, 3.8) is 0 Å². The van der Waals surface area contributed by atoms with E-state index < -0.39 is 17.3 Å². The monoisotopic (exact) mass is 389 g/mol. The van der Waals surface area contributed by atoms with Gasteiger partial charge >= 0.3 is 0 Å². The van der Waals surface area contributed by atoms with Crippen LogP contribution in [-0.2, 0) is 0 Å². The van der Waals surface area contributed by atoms with Gasteiger partial charge in [-0.3, -0.25) is 4.90 Å². The highest BCUT2D eigenvalue weighted by molar-refractivity contribution is 6.01. The average molecular weight is 389 g/mol. The number of hydrogen-bond donors (Lipinski definition) is 1. The number of ether oxygens (including phenoxy) is 2. The van der Waals surface area contributed by atoms with Crippen LogP contribution in [0.25, 0.3) is 0 Å². The van der Waals surface area contributed by atoms with E-state index in [2.05, 4.69) is 30.0 Å². The third-order valence-corrected chi connectivity index (χ3v) is 6.08. The lowest BCUT2D eigenvalue weighted by Gasteiger charge is -2.47. The molecule has 0 aromatic heterocycles. The Kier molecular flexibility index (Phi) is 5.59. The Hall–Kier alpha value is -3.34. The predicted molar refractivity (Wildman–Crippen MR) is 106 cm³/mol. The Morgan fingerprint density at radius 1 is 1.21 bits per heavy atom. The minimum absolute atomic E-state index is 0.160. The Morgan fingerprint density at radius 3 is 2.48 bits per heavy atom. The number of methoxy groups -OCH3 is 2. The van der Waals surface area contributed by atoms with Crippen molar-refractivity contribution in [3.05, 3.63) is 35.4 Å². The van der Waals surface area contributed by atoms with Crippen molar-refractivity contribution >= 4 is 5.71 Å². The fourth-order valence-corrected chi connectivity index (χ4v) is 4.63. The molecule has 7 nitrogen and oxygen atoms in total. The number of hydrogen-bond acceptors (Lipinski definition) is 7. The smallest absolute Gasteiger partial charge is 0.189 e. The highest BCUT2D eigenvalue weighted by Crippen LogP contribution is 2.56. The molecule has 3 atom stereocenters. The first-order valence-electron chi connectivity index (χ1n) is 9.47. The molecule has 0 amide bonds. The normalized spacial score (nSPS) is 25.6. The maximum atomic E-state index is 10.1. The molecule has 29 heavy (non-hydrogen) atoms. The van der Waals surface area contributed by atoms with Crippen LogP contribution in [0.15, 0.2) is 29.8 Å². The van der Waals surface area contributed by atoms with Crippen LogP contribution in [0.2, 0.25) is 0 Å². The summed E-state index contributed by atoms with van der Waals surface area (Å²) < 4.78 is 11.0. The first-order valence-corrected chi connectivity index (χ1v) is 9.47. The molecule has 2 aliphatic rings. The van der Waals surface area contributed by atoms with Crippen LogP contribution in [0.4, 0.5) is 0 Å². The highest BCUT2D eigenvalue weighted by Gasteiger charge is 2.58. The molecule has 1 saturated carbocycles. The van der Waals surface area contributed by atoms with Crippen molar-refractivity contribution in [2.45, 2.75) is 12.8 Å². The Labute approximate surface area is 170 Å². The molecule has 0 saturated heterocycles. The van der Waals surface area contributed by atoms with E-state index in [1.165, 1.54) is 14.2 Å². The van der Waals surface area contributed by atoms with Crippen LogP contribution >= 0.6 is 0 Å². The van der Waals surface area contributed by atoms with E-state index in [9.17, 15) is 15.8 Å². The van der Waals surface area contributed by atoms with Crippen LogP contribution in [0, 0.1) is 56.7 Å².